The largest absolute Gasteiger partial charge is 0.508 e. The standard InChI is InChI=1S/C10H10O3.C2H6/c1-2-4-7-8(10(12)13)5-3-6-9(7)11;1-2/h2-3,5-6,11H,1,4H2,(H,12,13);1-2H3. The third kappa shape index (κ3) is 3.46. The van der Waals surface area contributed by atoms with Gasteiger partial charge >= 0.3 is 5.97 Å². The predicted octanol–water partition coefficient (Wildman–Crippen LogP) is 2.85. The zero-order valence-electron chi connectivity index (χ0n) is 9.03. The second-order valence-electron chi connectivity index (χ2n) is 2.60. The van der Waals surface area contributed by atoms with Crippen LogP contribution in [-0.2, 0) is 6.42 Å². The van der Waals surface area contributed by atoms with Crippen molar-refractivity contribution in [1.82, 2.24) is 0 Å². The summed E-state index contributed by atoms with van der Waals surface area (Å²) in [5.74, 6) is -1.03. The van der Waals surface area contributed by atoms with Gasteiger partial charge < -0.3 is 10.2 Å². The number of phenolic OH excluding ortho intramolecular Hbond substituents is 1. The number of hydrogen-bond acceptors (Lipinski definition) is 2. The molecule has 3 nitrogen and oxygen atoms in total. The second-order valence-corrected chi connectivity index (χ2v) is 2.60. The quantitative estimate of drug-likeness (QED) is 0.751. The van der Waals surface area contributed by atoms with Crippen molar-refractivity contribution in [2.45, 2.75) is 20.3 Å². The van der Waals surface area contributed by atoms with Crippen LogP contribution in [0.25, 0.3) is 0 Å². The van der Waals surface area contributed by atoms with Crippen LogP contribution in [0.4, 0.5) is 0 Å². The molecule has 0 bridgehead atoms. The molecule has 0 aliphatic rings. The zero-order chi connectivity index (χ0) is 11.8. The number of aromatic hydroxyl groups is 1. The molecule has 0 aliphatic heterocycles. The molecule has 0 atom stereocenters. The van der Waals surface area contributed by atoms with Crippen LogP contribution in [0.15, 0.2) is 30.9 Å². The van der Waals surface area contributed by atoms with Crippen molar-refractivity contribution in [2.24, 2.45) is 0 Å². The first kappa shape index (κ1) is 13.2. The Labute approximate surface area is 89.7 Å². The zero-order valence-corrected chi connectivity index (χ0v) is 9.03. The molecule has 0 radical (unpaired) electrons. The summed E-state index contributed by atoms with van der Waals surface area (Å²) in [4.78, 5) is 10.7. The third-order valence-electron chi connectivity index (χ3n) is 1.73. The van der Waals surface area contributed by atoms with Crippen molar-refractivity contribution in [3.05, 3.63) is 42.0 Å². The van der Waals surface area contributed by atoms with E-state index in [0.717, 1.165) is 0 Å². The summed E-state index contributed by atoms with van der Waals surface area (Å²) in [5, 5.41) is 18.1. The van der Waals surface area contributed by atoms with E-state index in [1.807, 2.05) is 13.8 Å². The molecule has 0 saturated heterocycles. The van der Waals surface area contributed by atoms with Crippen molar-refractivity contribution in [3.63, 3.8) is 0 Å². The SMILES string of the molecule is C=CCc1c(O)cccc1C(=O)O.CC. The molecule has 3 heteroatoms. The molecular weight excluding hydrogens is 192 g/mol. The van der Waals surface area contributed by atoms with E-state index >= 15 is 0 Å². The first-order chi connectivity index (χ1) is 7.16. The molecule has 0 amide bonds. The van der Waals surface area contributed by atoms with Crippen molar-refractivity contribution >= 4 is 5.97 Å². The molecule has 0 aliphatic carbocycles. The Morgan fingerprint density at radius 2 is 2.07 bits per heavy atom. The van der Waals surface area contributed by atoms with Gasteiger partial charge in [0.2, 0.25) is 0 Å². The minimum absolute atomic E-state index is 0.000185. The fourth-order valence-corrected chi connectivity index (χ4v) is 1.13. The first-order valence-corrected chi connectivity index (χ1v) is 4.82. The van der Waals surface area contributed by atoms with Crippen molar-refractivity contribution < 1.29 is 15.0 Å². The lowest BCUT2D eigenvalue weighted by Gasteiger charge is -2.04. The first-order valence-electron chi connectivity index (χ1n) is 4.82. The number of hydrogen-bond donors (Lipinski definition) is 2. The van der Waals surface area contributed by atoms with Crippen LogP contribution in [0.2, 0.25) is 0 Å². The van der Waals surface area contributed by atoms with Crippen LogP contribution in [0, 0.1) is 0 Å². The van der Waals surface area contributed by atoms with Gasteiger partial charge in [-0.3, -0.25) is 0 Å². The van der Waals surface area contributed by atoms with E-state index in [1.165, 1.54) is 18.2 Å². The molecule has 0 spiro atoms. The van der Waals surface area contributed by atoms with E-state index < -0.39 is 5.97 Å². The average Bonchev–Trinajstić information content (AvgIpc) is 2.24. The summed E-state index contributed by atoms with van der Waals surface area (Å²) in [5.41, 5.74) is 0.532. The number of rotatable bonds is 3. The number of carboxylic acids is 1. The highest BCUT2D eigenvalue weighted by Gasteiger charge is 2.11. The average molecular weight is 208 g/mol. The summed E-state index contributed by atoms with van der Waals surface area (Å²) in [7, 11) is 0. The number of phenols is 1. The number of aromatic carboxylic acids is 1. The molecule has 0 aromatic heterocycles. The minimum Gasteiger partial charge on any atom is -0.508 e. The molecule has 2 N–H and O–H groups in total. The van der Waals surface area contributed by atoms with Gasteiger partial charge in [0.15, 0.2) is 0 Å². The maximum absolute atomic E-state index is 10.7. The summed E-state index contributed by atoms with van der Waals surface area (Å²) < 4.78 is 0. The maximum atomic E-state index is 10.7. The lowest BCUT2D eigenvalue weighted by molar-refractivity contribution is 0.0695. The summed E-state index contributed by atoms with van der Waals surface area (Å²) in [6.45, 7) is 7.49. The number of benzene rings is 1. The van der Waals surface area contributed by atoms with Crippen LogP contribution in [0.3, 0.4) is 0 Å². The lowest BCUT2D eigenvalue weighted by atomic mass is 10.0. The van der Waals surface area contributed by atoms with Crippen LogP contribution in [-0.4, -0.2) is 16.2 Å². The van der Waals surface area contributed by atoms with Gasteiger partial charge in [0.25, 0.3) is 0 Å². The Morgan fingerprint density at radius 1 is 1.47 bits per heavy atom. The normalized spacial score (nSPS) is 8.67. The van der Waals surface area contributed by atoms with Crippen LogP contribution in [0.5, 0.6) is 5.75 Å². The fraction of sp³-hybridized carbons (Fsp3) is 0.250. The highest BCUT2D eigenvalue weighted by Crippen LogP contribution is 2.21. The van der Waals surface area contributed by atoms with E-state index in [9.17, 15) is 9.90 Å². The molecule has 1 aromatic carbocycles. The lowest BCUT2D eigenvalue weighted by Crippen LogP contribution is -2.01. The Hall–Kier alpha value is -1.77. The van der Waals surface area contributed by atoms with Gasteiger partial charge in [-0.25, -0.2) is 4.79 Å². The Bertz CT molecular complexity index is 343. The van der Waals surface area contributed by atoms with Gasteiger partial charge in [-0.05, 0) is 18.6 Å². The van der Waals surface area contributed by atoms with E-state index in [1.54, 1.807) is 6.08 Å². The van der Waals surface area contributed by atoms with E-state index in [0.29, 0.717) is 12.0 Å². The summed E-state index contributed by atoms with van der Waals surface area (Å²) in [6.07, 6.45) is 1.91. The highest BCUT2D eigenvalue weighted by molar-refractivity contribution is 5.90. The molecule has 1 rings (SSSR count). The van der Waals surface area contributed by atoms with Gasteiger partial charge in [-0.2, -0.15) is 0 Å². The highest BCUT2D eigenvalue weighted by atomic mass is 16.4. The van der Waals surface area contributed by atoms with Gasteiger partial charge in [0, 0.05) is 5.56 Å². The maximum Gasteiger partial charge on any atom is 0.336 e. The second kappa shape index (κ2) is 6.65. The van der Waals surface area contributed by atoms with E-state index in [-0.39, 0.29) is 11.3 Å². The molecule has 0 fully saturated rings. The molecule has 82 valence electrons. The van der Waals surface area contributed by atoms with Crippen LogP contribution in [0.1, 0.15) is 29.8 Å². The monoisotopic (exact) mass is 208 g/mol. The van der Waals surface area contributed by atoms with Gasteiger partial charge in [-0.1, -0.05) is 26.0 Å². The number of carbonyl (C=O) groups is 1. The molecule has 0 heterocycles. The molecule has 1 aromatic rings. The van der Waals surface area contributed by atoms with Crippen LogP contribution < -0.4 is 0 Å². The van der Waals surface area contributed by atoms with Crippen LogP contribution >= 0.6 is 0 Å². The molecule has 0 unspecified atom stereocenters. The van der Waals surface area contributed by atoms with Gasteiger partial charge in [0.1, 0.15) is 5.75 Å². The molecular formula is C12H16O3. The third-order valence-corrected chi connectivity index (χ3v) is 1.73. The molecule has 0 saturated carbocycles. The molecule has 15 heavy (non-hydrogen) atoms. The minimum atomic E-state index is -1.03. The summed E-state index contributed by atoms with van der Waals surface area (Å²) >= 11 is 0. The number of carboxylic acid groups (broad SMARTS) is 1. The fourth-order valence-electron chi connectivity index (χ4n) is 1.13. The van der Waals surface area contributed by atoms with Crippen molar-refractivity contribution in [2.75, 3.05) is 0 Å². The Balaban J connectivity index is 0.000000921. The summed E-state index contributed by atoms with van der Waals surface area (Å²) in [6, 6.07) is 4.43. The smallest absolute Gasteiger partial charge is 0.336 e. The number of allylic oxidation sites excluding steroid dienone is 1. The van der Waals surface area contributed by atoms with E-state index in [4.69, 9.17) is 5.11 Å². The predicted molar refractivity (Wildman–Crippen MR) is 60.3 cm³/mol. The Morgan fingerprint density at radius 3 is 2.53 bits per heavy atom. The Kier molecular flexibility index (Phi) is 5.86. The van der Waals surface area contributed by atoms with Gasteiger partial charge in [-0.15, -0.1) is 6.58 Å². The van der Waals surface area contributed by atoms with Gasteiger partial charge in [0.05, 0.1) is 5.56 Å². The van der Waals surface area contributed by atoms with Crippen molar-refractivity contribution in [3.8, 4) is 5.75 Å². The van der Waals surface area contributed by atoms with E-state index in [2.05, 4.69) is 6.58 Å². The topological polar surface area (TPSA) is 57.5 Å². The van der Waals surface area contributed by atoms with Crippen molar-refractivity contribution in [1.29, 1.82) is 0 Å².